The van der Waals surface area contributed by atoms with Gasteiger partial charge in [-0.25, -0.2) is 0 Å². The SMILES string of the molecule is COc1ccc(C(c2ccc(C)cc2C)N2CCCNCC2)cc1. The number of nitrogens with one attached hydrogen (secondary N) is 1. The van der Waals surface area contributed by atoms with Gasteiger partial charge in [0.05, 0.1) is 13.2 Å². The van der Waals surface area contributed by atoms with E-state index < -0.39 is 0 Å². The van der Waals surface area contributed by atoms with Crippen molar-refractivity contribution >= 4 is 0 Å². The third kappa shape index (κ3) is 3.80. The van der Waals surface area contributed by atoms with Crippen molar-refractivity contribution in [1.29, 1.82) is 0 Å². The Hall–Kier alpha value is -1.84. The summed E-state index contributed by atoms with van der Waals surface area (Å²) in [6.07, 6.45) is 1.19. The third-order valence-electron chi connectivity index (χ3n) is 4.89. The number of benzene rings is 2. The van der Waals surface area contributed by atoms with Crippen LogP contribution in [0.2, 0.25) is 0 Å². The summed E-state index contributed by atoms with van der Waals surface area (Å²) in [5.74, 6) is 0.913. The number of ether oxygens (including phenoxy) is 1. The highest BCUT2D eigenvalue weighted by Gasteiger charge is 2.24. The average molecular weight is 324 g/mol. The molecule has 2 aromatic carbocycles. The Morgan fingerprint density at radius 1 is 1.00 bits per heavy atom. The van der Waals surface area contributed by atoms with Gasteiger partial charge in [-0.3, -0.25) is 4.90 Å². The van der Waals surface area contributed by atoms with E-state index in [9.17, 15) is 0 Å². The van der Waals surface area contributed by atoms with Crippen molar-refractivity contribution in [2.24, 2.45) is 0 Å². The number of hydrogen-bond donors (Lipinski definition) is 1. The van der Waals surface area contributed by atoms with E-state index >= 15 is 0 Å². The van der Waals surface area contributed by atoms with Gasteiger partial charge in [0.1, 0.15) is 5.75 Å². The molecule has 1 fully saturated rings. The molecule has 0 bridgehead atoms. The van der Waals surface area contributed by atoms with Gasteiger partial charge in [0, 0.05) is 19.6 Å². The van der Waals surface area contributed by atoms with E-state index in [2.05, 4.69) is 66.5 Å². The van der Waals surface area contributed by atoms with Crippen LogP contribution in [0.5, 0.6) is 5.75 Å². The quantitative estimate of drug-likeness (QED) is 0.928. The Morgan fingerprint density at radius 3 is 2.50 bits per heavy atom. The first-order valence-electron chi connectivity index (χ1n) is 8.85. The first-order chi connectivity index (χ1) is 11.7. The summed E-state index contributed by atoms with van der Waals surface area (Å²) in [6.45, 7) is 8.75. The zero-order chi connectivity index (χ0) is 16.9. The lowest BCUT2D eigenvalue weighted by atomic mass is 9.92. The van der Waals surface area contributed by atoms with E-state index in [1.165, 1.54) is 28.7 Å². The minimum Gasteiger partial charge on any atom is -0.497 e. The molecule has 0 aromatic heterocycles. The van der Waals surface area contributed by atoms with Crippen LogP contribution in [0.15, 0.2) is 42.5 Å². The zero-order valence-corrected chi connectivity index (χ0v) is 15.0. The summed E-state index contributed by atoms with van der Waals surface area (Å²) in [6, 6.07) is 15.7. The Bertz CT molecular complexity index is 658. The number of aryl methyl sites for hydroxylation is 2. The summed E-state index contributed by atoms with van der Waals surface area (Å²) < 4.78 is 5.34. The Morgan fingerprint density at radius 2 is 1.79 bits per heavy atom. The van der Waals surface area contributed by atoms with Crippen LogP contribution in [-0.2, 0) is 0 Å². The fourth-order valence-corrected chi connectivity index (χ4v) is 3.63. The fraction of sp³-hybridized carbons (Fsp3) is 0.429. The van der Waals surface area contributed by atoms with Crippen LogP contribution >= 0.6 is 0 Å². The molecule has 0 spiro atoms. The van der Waals surface area contributed by atoms with Gasteiger partial charge in [0.2, 0.25) is 0 Å². The summed E-state index contributed by atoms with van der Waals surface area (Å²) in [5, 5.41) is 3.52. The minimum atomic E-state index is 0.302. The summed E-state index contributed by atoms with van der Waals surface area (Å²) in [4.78, 5) is 2.61. The van der Waals surface area contributed by atoms with Crippen molar-refractivity contribution in [1.82, 2.24) is 10.2 Å². The minimum absolute atomic E-state index is 0.302. The Kier molecular flexibility index (Phi) is 5.54. The number of methoxy groups -OCH3 is 1. The molecule has 1 aliphatic heterocycles. The monoisotopic (exact) mass is 324 g/mol. The van der Waals surface area contributed by atoms with Crippen LogP contribution in [0.3, 0.4) is 0 Å². The average Bonchev–Trinajstić information content (AvgIpc) is 2.87. The van der Waals surface area contributed by atoms with Crippen molar-refractivity contribution in [3.63, 3.8) is 0 Å². The Labute approximate surface area is 145 Å². The van der Waals surface area contributed by atoms with Crippen LogP contribution in [0, 0.1) is 13.8 Å². The molecule has 0 saturated carbocycles. The summed E-state index contributed by atoms with van der Waals surface area (Å²) in [5.41, 5.74) is 5.44. The molecule has 1 heterocycles. The summed E-state index contributed by atoms with van der Waals surface area (Å²) >= 11 is 0. The predicted molar refractivity (Wildman–Crippen MR) is 99.8 cm³/mol. The largest absolute Gasteiger partial charge is 0.497 e. The molecule has 1 aliphatic rings. The second-order valence-corrected chi connectivity index (χ2v) is 6.68. The molecule has 0 amide bonds. The first kappa shape index (κ1) is 17.0. The molecule has 3 heteroatoms. The van der Waals surface area contributed by atoms with Crippen LogP contribution in [0.25, 0.3) is 0 Å². The van der Waals surface area contributed by atoms with Crippen LogP contribution in [0.4, 0.5) is 0 Å². The van der Waals surface area contributed by atoms with Gasteiger partial charge in [-0.05, 0) is 55.6 Å². The standard InChI is InChI=1S/C21H28N2O/c1-16-5-10-20(17(2)15-16)21(23-13-4-11-22-12-14-23)18-6-8-19(24-3)9-7-18/h5-10,15,21-22H,4,11-14H2,1-3H3. The third-order valence-corrected chi connectivity index (χ3v) is 4.89. The topological polar surface area (TPSA) is 24.5 Å². The molecule has 2 aromatic rings. The highest BCUT2D eigenvalue weighted by atomic mass is 16.5. The van der Waals surface area contributed by atoms with Crippen LogP contribution < -0.4 is 10.1 Å². The van der Waals surface area contributed by atoms with Gasteiger partial charge in [-0.15, -0.1) is 0 Å². The molecule has 3 nitrogen and oxygen atoms in total. The fourth-order valence-electron chi connectivity index (χ4n) is 3.63. The maximum atomic E-state index is 5.34. The van der Waals surface area contributed by atoms with Crippen LogP contribution in [0.1, 0.15) is 34.7 Å². The number of rotatable bonds is 4. The lowest BCUT2D eigenvalue weighted by Crippen LogP contribution is -2.33. The van der Waals surface area contributed by atoms with Crippen molar-refractivity contribution in [2.75, 3.05) is 33.3 Å². The molecule has 0 radical (unpaired) electrons. The van der Waals surface area contributed by atoms with Crippen molar-refractivity contribution in [3.8, 4) is 5.75 Å². The van der Waals surface area contributed by atoms with E-state index in [0.29, 0.717) is 6.04 Å². The zero-order valence-electron chi connectivity index (χ0n) is 15.0. The van der Waals surface area contributed by atoms with E-state index in [0.717, 1.165) is 31.9 Å². The molecule has 1 unspecified atom stereocenters. The Balaban J connectivity index is 2.01. The molecule has 0 aliphatic carbocycles. The molecule has 1 N–H and O–H groups in total. The molecular weight excluding hydrogens is 296 g/mol. The molecule has 1 atom stereocenters. The first-order valence-corrected chi connectivity index (χ1v) is 8.85. The maximum Gasteiger partial charge on any atom is 0.118 e. The second-order valence-electron chi connectivity index (χ2n) is 6.68. The van der Waals surface area contributed by atoms with Crippen molar-refractivity contribution in [2.45, 2.75) is 26.3 Å². The molecule has 128 valence electrons. The molecule has 1 saturated heterocycles. The number of nitrogens with zero attached hydrogens (tertiary/aromatic N) is 1. The summed E-state index contributed by atoms with van der Waals surface area (Å²) in [7, 11) is 1.72. The molecule has 3 rings (SSSR count). The van der Waals surface area contributed by atoms with Crippen molar-refractivity contribution in [3.05, 3.63) is 64.7 Å². The van der Waals surface area contributed by atoms with E-state index in [1.807, 2.05) is 0 Å². The highest BCUT2D eigenvalue weighted by molar-refractivity contribution is 5.40. The van der Waals surface area contributed by atoms with E-state index in [-0.39, 0.29) is 0 Å². The van der Waals surface area contributed by atoms with Gasteiger partial charge >= 0.3 is 0 Å². The van der Waals surface area contributed by atoms with Gasteiger partial charge in [0.15, 0.2) is 0 Å². The number of hydrogen-bond acceptors (Lipinski definition) is 3. The van der Waals surface area contributed by atoms with E-state index in [4.69, 9.17) is 4.74 Å². The van der Waals surface area contributed by atoms with Gasteiger partial charge in [-0.2, -0.15) is 0 Å². The lowest BCUT2D eigenvalue weighted by Gasteiger charge is -2.32. The molecular formula is C21H28N2O. The highest BCUT2D eigenvalue weighted by Crippen LogP contribution is 2.32. The van der Waals surface area contributed by atoms with Gasteiger partial charge in [0.25, 0.3) is 0 Å². The lowest BCUT2D eigenvalue weighted by molar-refractivity contribution is 0.240. The van der Waals surface area contributed by atoms with Gasteiger partial charge < -0.3 is 10.1 Å². The molecule has 24 heavy (non-hydrogen) atoms. The second kappa shape index (κ2) is 7.82. The maximum absolute atomic E-state index is 5.34. The van der Waals surface area contributed by atoms with E-state index in [1.54, 1.807) is 7.11 Å². The van der Waals surface area contributed by atoms with Crippen LogP contribution in [-0.4, -0.2) is 38.2 Å². The smallest absolute Gasteiger partial charge is 0.118 e. The normalized spacial score (nSPS) is 17.3. The van der Waals surface area contributed by atoms with Gasteiger partial charge in [-0.1, -0.05) is 35.9 Å². The van der Waals surface area contributed by atoms with Crippen molar-refractivity contribution < 1.29 is 4.74 Å². The predicted octanol–water partition coefficient (Wildman–Crippen LogP) is 3.70.